The lowest BCUT2D eigenvalue weighted by Crippen LogP contribution is -2.45. The van der Waals surface area contributed by atoms with Crippen LogP contribution < -0.4 is 10.6 Å². The van der Waals surface area contributed by atoms with Crippen LogP contribution >= 0.6 is 11.3 Å². The molecule has 3 N–H and O–H groups in total. The summed E-state index contributed by atoms with van der Waals surface area (Å²) in [7, 11) is 0. The first-order valence-corrected chi connectivity index (χ1v) is 11.4. The number of carbonyl (C=O) groups excluding carboxylic acids is 3. The van der Waals surface area contributed by atoms with Crippen LogP contribution in [0.2, 0.25) is 0 Å². The molecule has 0 saturated heterocycles. The van der Waals surface area contributed by atoms with Crippen molar-refractivity contribution < 1.29 is 29.0 Å². The van der Waals surface area contributed by atoms with E-state index >= 15 is 0 Å². The van der Waals surface area contributed by atoms with Crippen molar-refractivity contribution in [2.75, 3.05) is 11.9 Å². The summed E-state index contributed by atoms with van der Waals surface area (Å²) in [5, 5.41) is 14.4. The molecule has 2 aromatic carbocycles. The zero-order valence-electron chi connectivity index (χ0n) is 18.2. The van der Waals surface area contributed by atoms with Gasteiger partial charge in [-0.2, -0.15) is 0 Å². The second kappa shape index (κ2) is 9.88. The first-order valence-electron chi connectivity index (χ1n) is 10.6. The van der Waals surface area contributed by atoms with Crippen molar-refractivity contribution in [3.05, 3.63) is 76.2 Å². The molecule has 0 aliphatic heterocycles. The SMILES string of the molecule is Cc1cc(C=O)c(NC(=O)[C@H](CC(=O)O)NC(=O)OCC2c3ccccc3-c3ccccc32)s1. The van der Waals surface area contributed by atoms with Gasteiger partial charge in [0.1, 0.15) is 17.6 Å². The van der Waals surface area contributed by atoms with Crippen molar-refractivity contribution >= 4 is 40.6 Å². The fraction of sp³-hybridized carbons (Fsp3) is 0.200. The molecule has 1 heterocycles. The van der Waals surface area contributed by atoms with Crippen LogP contribution in [0.25, 0.3) is 11.1 Å². The average molecular weight is 479 g/mol. The number of nitrogens with one attached hydrogen (secondary N) is 2. The van der Waals surface area contributed by atoms with Gasteiger partial charge in [0.15, 0.2) is 6.29 Å². The van der Waals surface area contributed by atoms with E-state index in [0.717, 1.165) is 27.1 Å². The number of amides is 2. The molecule has 0 spiro atoms. The second-order valence-corrected chi connectivity index (χ2v) is 9.13. The van der Waals surface area contributed by atoms with Crippen LogP contribution in [0.15, 0.2) is 54.6 Å². The molecule has 4 rings (SSSR count). The topological polar surface area (TPSA) is 122 Å². The third-order valence-electron chi connectivity index (χ3n) is 5.58. The van der Waals surface area contributed by atoms with Crippen molar-refractivity contribution in [1.29, 1.82) is 0 Å². The Kier molecular flexibility index (Phi) is 6.74. The van der Waals surface area contributed by atoms with Crippen LogP contribution in [0.1, 0.15) is 38.7 Å². The van der Waals surface area contributed by atoms with Crippen molar-refractivity contribution in [2.45, 2.75) is 25.3 Å². The van der Waals surface area contributed by atoms with Gasteiger partial charge in [-0.15, -0.1) is 11.3 Å². The molecule has 34 heavy (non-hydrogen) atoms. The summed E-state index contributed by atoms with van der Waals surface area (Å²) in [5.74, 6) is -2.19. The van der Waals surface area contributed by atoms with Crippen LogP contribution in [0, 0.1) is 6.92 Å². The van der Waals surface area contributed by atoms with E-state index in [-0.39, 0.29) is 18.1 Å². The molecule has 1 aliphatic rings. The number of hydrogen-bond donors (Lipinski definition) is 3. The lowest BCUT2D eigenvalue weighted by molar-refractivity contribution is -0.139. The quantitative estimate of drug-likeness (QED) is 0.418. The molecular weight excluding hydrogens is 456 g/mol. The van der Waals surface area contributed by atoms with Gasteiger partial charge in [-0.05, 0) is 35.2 Å². The number of hydrogen-bond acceptors (Lipinski definition) is 6. The van der Waals surface area contributed by atoms with E-state index in [1.165, 1.54) is 11.3 Å². The highest BCUT2D eigenvalue weighted by molar-refractivity contribution is 7.16. The number of carboxylic acid groups (broad SMARTS) is 1. The molecule has 174 valence electrons. The summed E-state index contributed by atoms with van der Waals surface area (Å²) in [4.78, 5) is 48.5. The number of aldehydes is 1. The maximum absolute atomic E-state index is 12.7. The van der Waals surface area contributed by atoms with E-state index in [2.05, 4.69) is 10.6 Å². The zero-order chi connectivity index (χ0) is 24.2. The molecule has 0 saturated carbocycles. The highest BCUT2D eigenvalue weighted by Gasteiger charge is 2.30. The smallest absolute Gasteiger partial charge is 0.407 e. The van der Waals surface area contributed by atoms with E-state index in [9.17, 15) is 24.3 Å². The van der Waals surface area contributed by atoms with Crippen LogP contribution in [-0.4, -0.2) is 42.0 Å². The summed E-state index contributed by atoms with van der Waals surface area (Å²) in [5.41, 5.74) is 4.50. The number of benzene rings is 2. The van der Waals surface area contributed by atoms with Crippen LogP contribution in [0.4, 0.5) is 9.80 Å². The van der Waals surface area contributed by atoms with Crippen LogP contribution in [-0.2, 0) is 14.3 Å². The molecule has 0 radical (unpaired) electrons. The minimum absolute atomic E-state index is 0.0285. The Labute approximate surface area is 199 Å². The van der Waals surface area contributed by atoms with E-state index in [4.69, 9.17) is 4.74 Å². The highest BCUT2D eigenvalue weighted by atomic mass is 32.1. The highest BCUT2D eigenvalue weighted by Crippen LogP contribution is 2.44. The molecule has 1 aliphatic carbocycles. The molecular formula is C25H22N2O6S. The third-order valence-corrected chi connectivity index (χ3v) is 6.56. The Balaban J connectivity index is 1.44. The van der Waals surface area contributed by atoms with Crippen LogP contribution in [0.5, 0.6) is 0 Å². The summed E-state index contributed by atoms with van der Waals surface area (Å²) < 4.78 is 5.42. The van der Waals surface area contributed by atoms with Gasteiger partial charge in [-0.1, -0.05) is 48.5 Å². The van der Waals surface area contributed by atoms with Gasteiger partial charge in [-0.3, -0.25) is 14.4 Å². The maximum atomic E-state index is 12.7. The molecule has 2 amide bonds. The number of aryl methyl sites for hydroxylation is 1. The Bertz CT molecular complexity index is 1220. The number of alkyl carbamates (subject to hydrolysis) is 1. The largest absolute Gasteiger partial charge is 0.481 e. The van der Waals surface area contributed by atoms with Crippen molar-refractivity contribution in [3.63, 3.8) is 0 Å². The standard InChI is InChI=1S/C25H22N2O6S/c1-14-10-15(12-28)24(34-14)27-23(31)21(11-22(29)30)26-25(32)33-13-20-18-8-4-2-6-16(18)17-7-3-5-9-19(17)20/h2-10,12,20-21H,11,13H2,1H3,(H,26,32)(H,27,31)(H,29,30)/t21-/m0/s1. The summed E-state index contributed by atoms with van der Waals surface area (Å²) in [6.07, 6.45) is -0.942. The fourth-order valence-corrected chi connectivity index (χ4v) is 4.97. The van der Waals surface area contributed by atoms with Gasteiger partial charge in [-0.25, -0.2) is 4.79 Å². The number of rotatable bonds is 8. The molecule has 0 unspecified atom stereocenters. The first-order chi connectivity index (χ1) is 16.4. The minimum atomic E-state index is -1.38. The molecule has 0 bridgehead atoms. The van der Waals surface area contributed by atoms with Gasteiger partial charge in [0.05, 0.1) is 6.42 Å². The van der Waals surface area contributed by atoms with E-state index in [0.29, 0.717) is 11.3 Å². The average Bonchev–Trinajstić information content (AvgIpc) is 3.33. The van der Waals surface area contributed by atoms with E-state index in [1.807, 2.05) is 48.5 Å². The molecule has 0 fully saturated rings. The molecule has 9 heteroatoms. The Morgan fingerprint density at radius 2 is 1.71 bits per heavy atom. The minimum Gasteiger partial charge on any atom is -0.481 e. The number of anilines is 1. The van der Waals surface area contributed by atoms with Gasteiger partial charge < -0.3 is 20.5 Å². The molecule has 8 nitrogen and oxygen atoms in total. The number of carbonyl (C=O) groups is 4. The van der Waals surface area contributed by atoms with Gasteiger partial charge in [0, 0.05) is 16.4 Å². The van der Waals surface area contributed by atoms with Crippen molar-refractivity contribution in [3.8, 4) is 11.1 Å². The number of carboxylic acids is 1. The van der Waals surface area contributed by atoms with Crippen molar-refractivity contribution in [2.24, 2.45) is 0 Å². The van der Waals surface area contributed by atoms with Gasteiger partial charge in [0.25, 0.3) is 0 Å². The van der Waals surface area contributed by atoms with E-state index < -0.39 is 30.4 Å². The number of aliphatic carboxylic acids is 1. The Morgan fingerprint density at radius 3 is 2.29 bits per heavy atom. The zero-order valence-corrected chi connectivity index (χ0v) is 19.1. The molecule has 1 atom stereocenters. The third kappa shape index (κ3) is 4.84. The lowest BCUT2D eigenvalue weighted by Gasteiger charge is -2.18. The molecule has 1 aromatic heterocycles. The first kappa shape index (κ1) is 23.2. The number of fused-ring (bicyclic) bond motifs is 3. The molecule has 3 aromatic rings. The van der Waals surface area contributed by atoms with Crippen molar-refractivity contribution in [1.82, 2.24) is 5.32 Å². The number of thiophene rings is 1. The van der Waals surface area contributed by atoms with Gasteiger partial charge >= 0.3 is 12.1 Å². The van der Waals surface area contributed by atoms with Crippen LogP contribution in [0.3, 0.4) is 0 Å². The predicted molar refractivity (Wildman–Crippen MR) is 127 cm³/mol. The summed E-state index contributed by atoms with van der Waals surface area (Å²) in [6.45, 7) is 1.80. The monoisotopic (exact) mass is 478 g/mol. The second-order valence-electron chi connectivity index (χ2n) is 7.87. The number of ether oxygens (including phenoxy) is 1. The summed E-state index contributed by atoms with van der Waals surface area (Å²) >= 11 is 1.18. The van der Waals surface area contributed by atoms with Gasteiger partial charge in [0.2, 0.25) is 5.91 Å². The predicted octanol–water partition coefficient (Wildman–Crippen LogP) is 4.19. The lowest BCUT2D eigenvalue weighted by atomic mass is 9.98. The summed E-state index contributed by atoms with van der Waals surface area (Å²) in [6, 6.07) is 16.0. The normalized spacial score (nSPS) is 12.9. The fourth-order valence-electron chi connectivity index (χ4n) is 4.08. The van der Waals surface area contributed by atoms with E-state index in [1.54, 1.807) is 13.0 Å². The Hall–Kier alpha value is -3.98. The Morgan fingerprint density at radius 1 is 1.09 bits per heavy atom. The maximum Gasteiger partial charge on any atom is 0.407 e.